The SMILES string of the molecule is CCc1cnc(NC(=O)Nc2c[nH]c3ncccc23)s1. The van der Waals surface area contributed by atoms with E-state index in [2.05, 4.69) is 32.5 Å². The molecule has 0 aliphatic rings. The van der Waals surface area contributed by atoms with Crippen LogP contribution in [0.2, 0.25) is 0 Å². The van der Waals surface area contributed by atoms with Gasteiger partial charge in [0.15, 0.2) is 5.13 Å². The van der Waals surface area contributed by atoms with Gasteiger partial charge in [-0.05, 0) is 18.6 Å². The van der Waals surface area contributed by atoms with Crippen LogP contribution >= 0.6 is 11.3 Å². The maximum absolute atomic E-state index is 11.9. The highest BCUT2D eigenvalue weighted by Gasteiger charge is 2.09. The first-order valence-electron chi connectivity index (χ1n) is 6.21. The summed E-state index contributed by atoms with van der Waals surface area (Å²) in [6.45, 7) is 2.05. The molecule has 2 amide bonds. The lowest BCUT2D eigenvalue weighted by Gasteiger charge is -2.03. The van der Waals surface area contributed by atoms with Gasteiger partial charge in [-0.1, -0.05) is 6.92 Å². The van der Waals surface area contributed by atoms with Gasteiger partial charge >= 0.3 is 6.03 Å². The van der Waals surface area contributed by atoms with E-state index in [9.17, 15) is 4.79 Å². The van der Waals surface area contributed by atoms with Crippen LogP contribution < -0.4 is 10.6 Å². The second kappa shape index (κ2) is 5.30. The zero-order valence-electron chi connectivity index (χ0n) is 10.8. The summed E-state index contributed by atoms with van der Waals surface area (Å²) in [5.74, 6) is 0. The number of aryl methyl sites for hydroxylation is 1. The number of thiazole rings is 1. The Labute approximate surface area is 119 Å². The smallest absolute Gasteiger partial charge is 0.325 e. The number of fused-ring (bicyclic) bond motifs is 1. The van der Waals surface area contributed by atoms with Crippen molar-refractivity contribution in [2.45, 2.75) is 13.3 Å². The number of anilines is 2. The van der Waals surface area contributed by atoms with Crippen molar-refractivity contribution >= 4 is 39.2 Å². The number of aromatic nitrogens is 3. The first-order chi connectivity index (χ1) is 9.76. The predicted molar refractivity (Wildman–Crippen MR) is 80.2 cm³/mol. The normalized spacial score (nSPS) is 10.7. The minimum atomic E-state index is -0.313. The molecule has 0 saturated heterocycles. The van der Waals surface area contributed by atoms with E-state index in [-0.39, 0.29) is 6.03 Å². The fraction of sp³-hybridized carbons (Fsp3) is 0.154. The molecule has 7 heteroatoms. The second-order valence-corrected chi connectivity index (χ2v) is 5.28. The Balaban J connectivity index is 1.72. The third-order valence-electron chi connectivity index (χ3n) is 2.82. The largest absolute Gasteiger partial charge is 0.344 e. The summed E-state index contributed by atoms with van der Waals surface area (Å²) in [5, 5.41) is 6.97. The van der Waals surface area contributed by atoms with Crippen LogP contribution in [-0.4, -0.2) is 21.0 Å². The number of urea groups is 1. The maximum Gasteiger partial charge on any atom is 0.325 e. The zero-order chi connectivity index (χ0) is 13.9. The van der Waals surface area contributed by atoms with Crippen molar-refractivity contribution in [2.24, 2.45) is 0 Å². The number of nitrogens with zero attached hydrogens (tertiary/aromatic N) is 2. The molecule has 0 atom stereocenters. The molecule has 0 bridgehead atoms. The molecule has 0 spiro atoms. The molecular weight excluding hydrogens is 274 g/mol. The van der Waals surface area contributed by atoms with E-state index in [4.69, 9.17) is 0 Å². The van der Waals surface area contributed by atoms with E-state index in [1.807, 2.05) is 12.1 Å². The highest BCUT2D eigenvalue weighted by molar-refractivity contribution is 7.15. The number of hydrogen-bond donors (Lipinski definition) is 3. The first-order valence-corrected chi connectivity index (χ1v) is 7.02. The van der Waals surface area contributed by atoms with Gasteiger partial charge in [0.05, 0.1) is 5.69 Å². The van der Waals surface area contributed by atoms with Crippen molar-refractivity contribution in [1.82, 2.24) is 15.0 Å². The van der Waals surface area contributed by atoms with Crippen molar-refractivity contribution in [3.05, 3.63) is 35.6 Å². The van der Waals surface area contributed by atoms with Gasteiger partial charge in [-0.2, -0.15) is 0 Å². The molecule has 3 aromatic rings. The molecule has 3 rings (SSSR count). The third-order valence-corrected chi connectivity index (χ3v) is 3.88. The number of amides is 2. The van der Waals surface area contributed by atoms with Crippen LogP contribution in [0, 0.1) is 0 Å². The van der Waals surface area contributed by atoms with Gasteiger partial charge < -0.3 is 10.3 Å². The van der Waals surface area contributed by atoms with E-state index < -0.39 is 0 Å². The number of pyridine rings is 1. The standard InChI is InChI=1S/C13H13N5OS/c1-2-8-6-16-13(20-8)18-12(19)17-10-7-15-11-9(10)4-3-5-14-11/h3-7H,2H2,1H3,(H,14,15)(H2,16,17,18,19). The monoisotopic (exact) mass is 287 g/mol. The lowest BCUT2D eigenvalue weighted by atomic mass is 10.3. The van der Waals surface area contributed by atoms with Crippen molar-refractivity contribution < 1.29 is 4.79 Å². The lowest BCUT2D eigenvalue weighted by Crippen LogP contribution is -2.19. The fourth-order valence-corrected chi connectivity index (χ4v) is 2.59. The van der Waals surface area contributed by atoms with Gasteiger partial charge in [0.1, 0.15) is 5.65 Å². The molecule has 0 aliphatic heterocycles. The van der Waals surface area contributed by atoms with Crippen LogP contribution in [0.4, 0.5) is 15.6 Å². The Morgan fingerprint density at radius 3 is 3.10 bits per heavy atom. The van der Waals surface area contributed by atoms with E-state index in [0.29, 0.717) is 10.8 Å². The van der Waals surface area contributed by atoms with E-state index in [1.165, 1.54) is 11.3 Å². The predicted octanol–water partition coefficient (Wildman–Crippen LogP) is 3.23. The van der Waals surface area contributed by atoms with E-state index >= 15 is 0 Å². The Kier molecular flexibility index (Phi) is 3.34. The van der Waals surface area contributed by atoms with Crippen molar-refractivity contribution in [3.63, 3.8) is 0 Å². The first kappa shape index (κ1) is 12.6. The minimum Gasteiger partial charge on any atom is -0.344 e. The Morgan fingerprint density at radius 1 is 1.40 bits per heavy atom. The summed E-state index contributed by atoms with van der Waals surface area (Å²) in [4.78, 5) is 24.4. The van der Waals surface area contributed by atoms with Crippen LogP contribution in [0.15, 0.2) is 30.7 Å². The number of rotatable bonds is 3. The molecule has 20 heavy (non-hydrogen) atoms. The van der Waals surface area contributed by atoms with Crippen LogP contribution in [-0.2, 0) is 6.42 Å². The average molecular weight is 287 g/mol. The van der Waals surface area contributed by atoms with Crippen molar-refractivity contribution in [3.8, 4) is 0 Å². The number of aromatic amines is 1. The summed E-state index contributed by atoms with van der Waals surface area (Å²) in [7, 11) is 0. The molecule has 6 nitrogen and oxygen atoms in total. The summed E-state index contributed by atoms with van der Waals surface area (Å²) in [5.41, 5.74) is 1.43. The number of H-pyrrole nitrogens is 1. The van der Waals surface area contributed by atoms with Gasteiger partial charge in [0, 0.05) is 28.9 Å². The Bertz CT molecular complexity index is 748. The number of nitrogens with one attached hydrogen (secondary N) is 3. The average Bonchev–Trinajstić information content (AvgIpc) is 3.06. The minimum absolute atomic E-state index is 0.313. The van der Waals surface area contributed by atoms with Gasteiger partial charge in [0.2, 0.25) is 0 Å². The zero-order valence-corrected chi connectivity index (χ0v) is 11.6. The summed E-state index contributed by atoms with van der Waals surface area (Å²) >= 11 is 1.47. The Morgan fingerprint density at radius 2 is 2.30 bits per heavy atom. The molecule has 0 aromatic carbocycles. The second-order valence-electron chi connectivity index (χ2n) is 4.17. The highest BCUT2D eigenvalue weighted by atomic mass is 32.1. The number of carbonyl (C=O) groups is 1. The van der Waals surface area contributed by atoms with Gasteiger partial charge in [-0.3, -0.25) is 5.32 Å². The summed E-state index contributed by atoms with van der Waals surface area (Å²) < 4.78 is 0. The van der Waals surface area contributed by atoms with Gasteiger partial charge in [-0.15, -0.1) is 11.3 Å². The summed E-state index contributed by atoms with van der Waals surface area (Å²) in [6, 6.07) is 3.41. The number of carbonyl (C=O) groups excluding carboxylic acids is 1. The molecule has 0 unspecified atom stereocenters. The van der Waals surface area contributed by atoms with Gasteiger partial charge in [0.25, 0.3) is 0 Å². The van der Waals surface area contributed by atoms with E-state index in [1.54, 1.807) is 18.6 Å². The highest BCUT2D eigenvalue weighted by Crippen LogP contribution is 2.22. The molecule has 0 saturated carbocycles. The van der Waals surface area contributed by atoms with E-state index in [0.717, 1.165) is 22.3 Å². The molecule has 3 aromatic heterocycles. The molecule has 3 N–H and O–H groups in total. The van der Waals surface area contributed by atoms with Crippen molar-refractivity contribution in [2.75, 3.05) is 10.6 Å². The van der Waals surface area contributed by atoms with Crippen LogP contribution in [0.1, 0.15) is 11.8 Å². The topological polar surface area (TPSA) is 82.7 Å². The Hall–Kier alpha value is -2.41. The van der Waals surface area contributed by atoms with Crippen LogP contribution in [0.5, 0.6) is 0 Å². The lowest BCUT2D eigenvalue weighted by molar-refractivity contribution is 0.262. The molecule has 3 heterocycles. The summed E-state index contributed by atoms with van der Waals surface area (Å²) in [6.07, 6.45) is 6.10. The van der Waals surface area contributed by atoms with Gasteiger partial charge in [-0.25, -0.2) is 14.8 Å². The third kappa shape index (κ3) is 2.48. The quantitative estimate of drug-likeness (QED) is 0.691. The molecule has 102 valence electrons. The molecule has 0 aliphatic carbocycles. The fourth-order valence-electron chi connectivity index (χ4n) is 1.84. The van der Waals surface area contributed by atoms with Crippen LogP contribution in [0.3, 0.4) is 0 Å². The van der Waals surface area contributed by atoms with Crippen LogP contribution in [0.25, 0.3) is 11.0 Å². The molecule has 0 radical (unpaired) electrons. The maximum atomic E-state index is 11.9. The molecular formula is C13H13N5OS. The number of hydrogen-bond acceptors (Lipinski definition) is 4. The van der Waals surface area contributed by atoms with Crippen molar-refractivity contribution in [1.29, 1.82) is 0 Å². The molecule has 0 fully saturated rings.